The van der Waals surface area contributed by atoms with Gasteiger partial charge in [-0.05, 0) is 42.2 Å². The highest BCUT2D eigenvalue weighted by molar-refractivity contribution is 5.39. The quantitative estimate of drug-likeness (QED) is 0.640. The van der Waals surface area contributed by atoms with Crippen molar-refractivity contribution in [2.45, 2.75) is 37.1 Å². The first-order valence-electron chi connectivity index (χ1n) is 5.20. The zero-order valence-corrected chi connectivity index (χ0v) is 7.74. The molecule has 1 heteroatoms. The second-order valence-corrected chi connectivity index (χ2v) is 4.41. The highest BCUT2D eigenvalue weighted by Crippen LogP contribution is 2.48. The predicted molar refractivity (Wildman–Crippen MR) is 53.8 cm³/mol. The first-order chi connectivity index (χ1) is 6.36. The molecule has 3 atom stereocenters. The van der Waals surface area contributed by atoms with Gasteiger partial charge in [0.2, 0.25) is 0 Å². The lowest BCUT2D eigenvalue weighted by molar-refractivity contribution is 0.314. The summed E-state index contributed by atoms with van der Waals surface area (Å²) in [6.07, 6.45) is 3.87. The molecule has 3 aliphatic rings. The standard InChI is InChI=1S/C12H15N/c13-12-7-8-5-6-11(12)10-4-2-1-3-9(8)10/h1-4,8,11-12H,5-7,13H2/t8-,11-,12-/m0/s1. The molecule has 1 aromatic carbocycles. The van der Waals surface area contributed by atoms with E-state index >= 15 is 0 Å². The van der Waals surface area contributed by atoms with Crippen LogP contribution >= 0.6 is 0 Å². The van der Waals surface area contributed by atoms with Gasteiger partial charge < -0.3 is 5.73 Å². The van der Waals surface area contributed by atoms with Crippen LogP contribution in [-0.2, 0) is 0 Å². The number of fused-ring (bicyclic) bond motifs is 2. The molecule has 0 aromatic heterocycles. The van der Waals surface area contributed by atoms with Crippen molar-refractivity contribution in [1.82, 2.24) is 0 Å². The number of rotatable bonds is 0. The van der Waals surface area contributed by atoms with Crippen LogP contribution < -0.4 is 5.73 Å². The van der Waals surface area contributed by atoms with Crippen LogP contribution in [0.4, 0.5) is 0 Å². The molecule has 0 heterocycles. The van der Waals surface area contributed by atoms with Crippen molar-refractivity contribution in [1.29, 1.82) is 0 Å². The van der Waals surface area contributed by atoms with Gasteiger partial charge in [0.25, 0.3) is 0 Å². The molecule has 1 nitrogen and oxygen atoms in total. The molecule has 2 bridgehead atoms. The highest BCUT2D eigenvalue weighted by atomic mass is 14.7. The van der Waals surface area contributed by atoms with E-state index in [0.717, 1.165) is 5.92 Å². The van der Waals surface area contributed by atoms with Gasteiger partial charge in [0.05, 0.1) is 0 Å². The molecule has 1 fully saturated rings. The second kappa shape index (κ2) is 2.58. The van der Waals surface area contributed by atoms with Gasteiger partial charge in [-0.15, -0.1) is 0 Å². The Morgan fingerprint density at radius 1 is 1.08 bits per heavy atom. The summed E-state index contributed by atoms with van der Waals surface area (Å²) < 4.78 is 0. The van der Waals surface area contributed by atoms with Crippen LogP contribution in [0, 0.1) is 0 Å². The van der Waals surface area contributed by atoms with Gasteiger partial charge in [0, 0.05) is 6.04 Å². The van der Waals surface area contributed by atoms with Crippen molar-refractivity contribution in [3.8, 4) is 0 Å². The molecule has 0 amide bonds. The Bertz CT molecular complexity index is 332. The average molecular weight is 173 g/mol. The lowest BCUT2D eigenvalue weighted by Crippen LogP contribution is -2.39. The molecule has 0 spiro atoms. The van der Waals surface area contributed by atoms with E-state index in [-0.39, 0.29) is 0 Å². The Morgan fingerprint density at radius 2 is 1.85 bits per heavy atom. The van der Waals surface area contributed by atoms with Crippen molar-refractivity contribution < 1.29 is 0 Å². The van der Waals surface area contributed by atoms with Gasteiger partial charge >= 0.3 is 0 Å². The number of benzene rings is 1. The van der Waals surface area contributed by atoms with Gasteiger partial charge in [0.15, 0.2) is 0 Å². The third-order valence-electron chi connectivity index (χ3n) is 3.73. The lowest BCUT2D eigenvalue weighted by Gasteiger charge is -2.42. The fraction of sp³-hybridized carbons (Fsp3) is 0.500. The van der Waals surface area contributed by atoms with Crippen LogP contribution in [0.15, 0.2) is 24.3 Å². The van der Waals surface area contributed by atoms with E-state index in [1.807, 2.05) is 0 Å². The van der Waals surface area contributed by atoms with Crippen molar-refractivity contribution >= 4 is 0 Å². The van der Waals surface area contributed by atoms with E-state index in [4.69, 9.17) is 5.73 Å². The van der Waals surface area contributed by atoms with E-state index in [9.17, 15) is 0 Å². The van der Waals surface area contributed by atoms with E-state index in [2.05, 4.69) is 24.3 Å². The van der Waals surface area contributed by atoms with Crippen LogP contribution in [-0.4, -0.2) is 6.04 Å². The lowest BCUT2D eigenvalue weighted by atomic mass is 9.65. The maximum absolute atomic E-state index is 6.13. The Morgan fingerprint density at radius 3 is 2.62 bits per heavy atom. The Labute approximate surface area is 78.9 Å². The average Bonchev–Trinajstić information content (AvgIpc) is 2.19. The molecular formula is C12H15N. The minimum atomic E-state index is 0.425. The highest BCUT2D eigenvalue weighted by Gasteiger charge is 2.37. The summed E-state index contributed by atoms with van der Waals surface area (Å²) in [4.78, 5) is 0. The van der Waals surface area contributed by atoms with Crippen molar-refractivity contribution in [2.24, 2.45) is 5.73 Å². The first-order valence-corrected chi connectivity index (χ1v) is 5.20. The number of hydrogen-bond donors (Lipinski definition) is 1. The topological polar surface area (TPSA) is 26.0 Å². The zero-order chi connectivity index (χ0) is 8.84. The van der Waals surface area contributed by atoms with E-state index in [1.165, 1.54) is 24.8 Å². The van der Waals surface area contributed by atoms with Crippen molar-refractivity contribution in [2.75, 3.05) is 0 Å². The van der Waals surface area contributed by atoms with E-state index < -0.39 is 0 Å². The van der Waals surface area contributed by atoms with Crippen LogP contribution in [0.1, 0.15) is 42.2 Å². The van der Waals surface area contributed by atoms with Crippen LogP contribution in [0.25, 0.3) is 0 Å². The molecule has 0 unspecified atom stereocenters. The van der Waals surface area contributed by atoms with Crippen molar-refractivity contribution in [3.05, 3.63) is 35.4 Å². The Kier molecular flexibility index (Phi) is 1.50. The summed E-state index contributed by atoms with van der Waals surface area (Å²) in [5.41, 5.74) is 9.26. The summed E-state index contributed by atoms with van der Waals surface area (Å²) in [6, 6.07) is 9.29. The van der Waals surface area contributed by atoms with Gasteiger partial charge in [-0.3, -0.25) is 0 Å². The maximum Gasteiger partial charge on any atom is 0.0114 e. The van der Waals surface area contributed by atoms with Crippen LogP contribution in [0.3, 0.4) is 0 Å². The molecule has 4 rings (SSSR count). The Balaban J connectivity index is 2.16. The molecule has 0 aliphatic heterocycles. The van der Waals surface area contributed by atoms with Gasteiger partial charge in [0.1, 0.15) is 0 Å². The largest absolute Gasteiger partial charge is 0.327 e. The molecule has 0 radical (unpaired) electrons. The molecule has 13 heavy (non-hydrogen) atoms. The minimum Gasteiger partial charge on any atom is -0.327 e. The number of nitrogens with two attached hydrogens (primary N) is 1. The summed E-state index contributed by atoms with van der Waals surface area (Å²) >= 11 is 0. The first kappa shape index (κ1) is 7.57. The van der Waals surface area contributed by atoms with Crippen LogP contribution in [0.5, 0.6) is 0 Å². The van der Waals surface area contributed by atoms with E-state index in [1.54, 1.807) is 5.56 Å². The van der Waals surface area contributed by atoms with Gasteiger partial charge in [-0.25, -0.2) is 0 Å². The second-order valence-electron chi connectivity index (χ2n) is 4.41. The SMILES string of the molecule is N[C@H]1C[C@@H]2CC[C@H]1c1ccccc12. The monoisotopic (exact) mass is 173 g/mol. The Hall–Kier alpha value is -0.820. The maximum atomic E-state index is 6.13. The van der Waals surface area contributed by atoms with Crippen molar-refractivity contribution in [3.63, 3.8) is 0 Å². The fourth-order valence-corrected chi connectivity index (χ4v) is 3.09. The molecule has 1 aromatic rings. The smallest absolute Gasteiger partial charge is 0.0114 e. The molecule has 2 N–H and O–H groups in total. The van der Waals surface area contributed by atoms with Gasteiger partial charge in [-0.2, -0.15) is 0 Å². The zero-order valence-electron chi connectivity index (χ0n) is 7.74. The van der Waals surface area contributed by atoms with E-state index in [0.29, 0.717) is 12.0 Å². The van der Waals surface area contributed by atoms with Crippen LogP contribution in [0.2, 0.25) is 0 Å². The molecular weight excluding hydrogens is 158 g/mol. The fourth-order valence-electron chi connectivity index (χ4n) is 3.09. The summed E-state index contributed by atoms with van der Waals surface area (Å²) in [5.74, 6) is 1.41. The molecule has 0 saturated heterocycles. The van der Waals surface area contributed by atoms with Gasteiger partial charge in [-0.1, -0.05) is 24.3 Å². The summed E-state index contributed by atoms with van der Waals surface area (Å²) in [6.45, 7) is 0. The third kappa shape index (κ3) is 0.969. The summed E-state index contributed by atoms with van der Waals surface area (Å²) in [5, 5.41) is 0. The molecule has 68 valence electrons. The third-order valence-corrected chi connectivity index (χ3v) is 3.73. The normalized spacial score (nSPS) is 35.9. The summed E-state index contributed by atoms with van der Waals surface area (Å²) in [7, 11) is 0. The minimum absolute atomic E-state index is 0.425. The predicted octanol–water partition coefficient (Wildman–Crippen LogP) is 2.38. The molecule has 3 aliphatic carbocycles. The number of hydrogen-bond acceptors (Lipinski definition) is 1. The molecule has 1 saturated carbocycles.